The molecule has 2 N–H and O–H groups in total. The molecule has 0 saturated carbocycles. The number of hydrogen-bond acceptors (Lipinski definition) is 5. The van der Waals surface area contributed by atoms with Crippen LogP contribution in [0, 0.1) is 0 Å². The van der Waals surface area contributed by atoms with E-state index in [2.05, 4.69) is 26.2 Å². The van der Waals surface area contributed by atoms with E-state index in [1.165, 1.54) is 4.90 Å². The third-order valence-electron chi connectivity index (χ3n) is 4.82. The highest BCUT2D eigenvalue weighted by atomic mass is 79.9. The summed E-state index contributed by atoms with van der Waals surface area (Å²) in [5, 5.41) is 12.6. The first-order valence-electron chi connectivity index (χ1n) is 8.96. The molecular weight excluding hydrogens is 424 g/mol. The van der Waals surface area contributed by atoms with Gasteiger partial charge in [0.2, 0.25) is 5.91 Å². The van der Waals surface area contributed by atoms with E-state index in [1.807, 2.05) is 43.3 Å². The van der Waals surface area contributed by atoms with Gasteiger partial charge < -0.3 is 20.2 Å². The first-order chi connectivity index (χ1) is 13.3. The third kappa shape index (κ3) is 4.02. The van der Waals surface area contributed by atoms with Crippen molar-refractivity contribution in [3.8, 4) is 0 Å². The molecule has 2 heterocycles. The molecule has 1 aromatic carbocycles. The monoisotopic (exact) mass is 446 g/mol. The van der Waals surface area contributed by atoms with Crippen LogP contribution in [0.3, 0.4) is 0 Å². The highest BCUT2D eigenvalue weighted by Gasteiger charge is 2.34. The molecule has 2 aromatic rings. The predicted molar refractivity (Wildman–Crippen MR) is 110 cm³/mol. The van der Waals surface area contributed by atoms with E-state index in [0.29, 0.717) is 17.8 Å². The number of aliphatic hydroxyl groups is 1. The van der Waals surface area contributed by atoms with E-state index >= 15 is 0 Å². The van der Waals surface area contributed by atoms with E-state index < -0.39 is 12.1 Å². The molecule has 0 radical (unpaired) electrons. The molecule has 1 aliphatic heterocycles. The number of carbonyl (C=O) groups excluding carboxylic acids is 2. The summed E-state index contributed by atoms with van der Waals surface area (Å²) in [6, 6.07) is 9.65. The summed E-state index contributed by atoms with van der Waals surface area (Å²) in [4.78, 5) is 33.3. The largest absolute Gasteiger partial charge is 0.394 e. The lowest BCUT2D eigenvalue weighted by Crippen LogP contribution is -2.47. The average molecular weight is 447 g/mol. The lowest BCUT2D eigenvalue weighted by molar-refractivity contribution is -0.126. The van der Waals surface area contributed by atoms with Gasteiger partial charge in [-0.3, -0.25) is 9.59 Å². The van der Waals surface area contributed by atoms with E-state index in [-0.39, 0.29) is 18.4 Å². The summed E-state index contributed by atoms with van der Waals surface area (Å²) in [6.45, 7) is 1.78. The molecule has 1 aromatic heterocycles. The summed E-state index contributed by atoms with van der Waals surface area (Å²) in [5.74, 6) is 0.220. The Hall–Kier alpha value is -2.45. The lowest BCUT2D eigenvalue weighted by Gasteiger charge is -2.26. The van der Waals surface area contributed by atoms with Gasteiger partial charge in [-0.05, 0) is 36.8 Å². The van der Waals surface area contributed by atoms with Crippen LogP contribution < -0.4 is 10.2 Å². The maximum atomic E-state index is 12.8. The summed E-state index contributed by atoms with van der Waals surface area (Å²) in [7, 11) is 3.74. The van der Waals surface area contributed by atoms with Gasteiger partial charge in [0.05, 0.1) is 18.3 Å². The second kappa shape index (κ2) is 8.28. The normalized spacial score (nSPS) is 15.2. The third-order valence-corrected chi connectivity index (χ3v) is 5.31. The predicted octanol–water partition coefficient (Wildman–Crippen LogP) is 2.10. The standard InChI is InChI=1S/C20H23BrN4O3/c1-12(25-10-13-7-8-14(21)9-15(13)20(25)28)19(27)23-17(11-26)16-5-4-6-18(22-16)24(2)3/h4-9,12,17,26H,10-11H2,1-3H3,(H,23,27)/t12?,17-/m1/s1. The average Bonchev–Trinajstić information content (AvgIpc) is 3.01. The molecule has 0 spiro atoms. The Morgan fingerprint density at radius 2 is 2.11 bits per heavy atom. The van der Waals surface area contributed by atoms with Crippen molar-refractivity contribution >= 4 is 33.6 Å². The van der Waals surface area contributed by atoms with Gasteiger partial charge in [-0.1, -0.05) is 28.1 Å². The Morgan fingerprint density at radius 1 is 1.36 bits per heavy atom. The summed E-state index contributed by atoms with van der Waals surface area (Å²) < 4.78 is 0.825. The number of hydrogen-bond donors (Lipinski definition) is 2. The number of benzene rings is 1. The number of fused-ring (bicyclic) bond motifs is 1. The summed E-state index contributed by atoms with van der Waals surface area (Å²) in [5.41, 5.74) is 2.06. The Morgan fingerprint density at radius 3 is 2.79 bits per heavy atom. The Balaban J connectivity index is 1.73. The molecule has 0 saturated heterocycles. The number of nitrogens with one attached hydrogen (secondary N) is 1. The van der Waals surface area contributed by atoms with Gasteiger partial charge in [-0.15, -0.1) is 0 Å². The van der Waals surface area contributed by atoms with Gasteiger partial charge in [-0.2, -0.15) is 0 Å². The zero-order valence-corrected chi connectivity index (χ0v) is 17.6. The Bertz CT molecular complexity index is 903. The van der Waals surface area contributed by atoms with E-state index in [1.54, 1.807) is 19.1 Å². The van der Waals surface area contributed by atoms with Crippen LogP contribution in [0.2, 0.25) is 0 Å². The van der Waals surface area contributed by atoms with Crippen LogP contribution in [0.1, 0.15) is 34.6 Å². The number of anilines is 1. The quantitative estimate of drug-likeness (QED) is 0.709. The minimum Gasteiger partial charge on any atom is -0.394 e. The summed E-state index contributed by atoms with van der Waals surface area (Å²) in [6.07, 6.45) is 0. The molecule has 7 nitrogen and oxygen atoms in total. The molecule has 3 rings (SSSR count). The zero-order chi connectivity index (χ0) is 20.4. The maximum Gasteiger partial charge on any atom is 0.255 e. The minimum atomic E-state index is -0.676. The number of halogens is 1. The Labute approximate surface area is 172 Å². The van der Waals surface area contributed by atoms with Crippen LogP contribution in [0.25, 0.3) is 0 Å². The maximum absolute atomic E-state index is 12.8. The molecular formula is C20H23BrN4O3. The van der Waals surface area contributed by atoms with Gasteiger partial charge >= 0.3 is 0 Å². The molecule has 0 bridgehead atoms. The minimum absolute atomic E-state index is 0.174. The number of aromatic nitrogens is 1. The fraction of sp³-hybridized carbons (Fsp3) is 0.350. The molecule has 28 heavy (non-hydrogen) atoms. The smallest absolute Gasteiger partial charge is 0.255 e. The topological polar surface area (TPSA) is 85.8 Å². The molecule has 0 aliphatic carbocycles. The zero-order valence-electron chi connectivity index (χ0n) is 16.0. The number of aliphatic hydroxyl groups excluding tert-OH is 1. The van der Waals surface area contributed by atoms with E-state index in [9.17, 15) is 14.7 Å². The summed E-state index contributed by atoms with van der Waals surface area (Å²) >= 11 is 3.37. The second-order valence-electron chi connectivity index (χ2n) is 6.97. The van der Waals surface area contributed by atoms with Crippen LogP contribution >= 0.6 is 15.9 Å². The number of rotatable bonds is 6. The van der Waals surface area contributed by atoms with E-state index in [4.69, 9.17) is 0 Å². The van der Waals surface area contributed by atoms with Crippen molar-refractivity contribution in [2.24, 2.45) is 0 Å². The molecule has 1 aliphatic rings. The molecule has 0 fully saturated rings. The number of amides is 2. The van der Waals surface area contributed by atoms with Gasteiger partial charge in [-0.25, -0.2) is 4.98 Å². The van der Waals surface area contributed by atoms with E-state index in [0.717, 1.165) is 15.9 Å². The molecule has 148 valence electrons. The fourth-order valence-electron chi connectivity index (χ4n) is 3.14. The van der Waals surface area contributed by atoms with Gasteiger partial charge in [0.15, 0.2) is 0 Å². The van der Waals surface area contributed by atoms with Gasteiger partial charge in [0, 0.05) is 30.7 Å². The highest BCUT2D eigenvalue weighted by molar-refractivity contribution is 9.10. The van der Waals surface area contributed by atoms with Crippen molar-refractivity contribution in [3.05, 3.63) is 57.7 Å². The van der Waals surface area contributed by atoms with Crippen molar-refractivity contribution in [1.82, 2.24) is 15.2 Å². The van der Waals surface area contributed by atoms with Crippen LogP contribution in [0.15, 0.2) is 40.9 Å². The van der Waals surface area contributed by atoms with Gasteiger partial charge in [0.1, 0.15) is 11.9 Å². The first kappa shape index (κ1) is 20.3. The number of pyridine rings is 1. The second-order valence-corrected chi connectivity index (χ2v) is 7.88. The van der Waals surface area contributed by atoms with Gasteiger partial charge in [0.25, 0.3) is 5.91 Å². The van der Waals surface area contributed by atoms with Crippen molar-refractivity contribution < 1.29 is 14.7 Å². The van der Waals surface area contributed by atoms with Crippen molar-refractivity contribution in [1.29, 1.82) is 0 Å². The molecule has 1 unspecified atom stereocenters. The van der Waals surface area contributed by atoms with Crippen LogP contribution in [0.4, 0.5) is 5.82 Å². The molecule has 8 heteroatoms. The fourth-order valence-corrected chi connectivity index (χ4v) is 3.50. The van der Waals surface area contributed by atoms with Crippen LogP contribution in [-0.4, -0.2) is 53.5 Å². The lowest BCUT2D eigenvalue weighted by atomic mass is 10.1. The Kier molecular flexibility index (Phi) is 6.00. The van der Waals surface area contributed by atoms with Crippen LogP contribution in [0.5, 0.6) is 0 Å². The highest BCUT2D eigenvalue weighted by Crippen LogP contribution is 2.27. The molecule has 2 amide bonds. The van der Waals surface area contributed by atoms with Crippen LogP contribution in [-0.2, 0) is 11.3 Å². The molecule has 2 atom stereocenters. The SMILES string of the molecule is CC(C(=O)N[C@H](CO)c1cccc(N(C)C)n1)N1Cc2ccc(Br)cc2C1=O. The van der Waals surface area contributed by atoms with Crippen molar-refractivity contribution in [3.63, 3.8) is 0 Å². The van der Waals surface area contributed by atoms with Crippen molar-refractivity contribution in [2.75, 3.05) is 25.6 Å². The van der Waals surface area contributed by atoms with Crippen molar-refractivity contribution in [2.45, 2.75) is 25.6 Å². The first-order valence-corrected chi connectivity index (χ1v) is 9.76. The number of carbonyl (C=O) groups is 2. The number of nitrogens with zero attached hydrogens (tertiary/aromatic N) is 3.